The molecule has 3 nitrogen and oxygen atoms in total. The largest absolute Gasteiger partial charge is 0.391 e. The fourth-order valence-electron chi connectivity index (χ4n) is 1.61. The Morgan fingerprint density at radius 1 is 1.62 bits per heavy atom. The number of aliphatic hydroxyl groups excluding tert-OH is 1. The molecule has 0 unspecified atom stereocenters. The Kier molecular flexibility index (Phi) is 4.71. The molecule has 92 valence electrons. The van der Waals surface area contributed by atoms with Crippen LogP contribution in [0.4, 0.5) is 0 Å². The number of nitrogens with one attached hydrogen (secondary N) is 1. The van der Waals surface area contributed by atoms with Gasteiger partial charge in [0, 0.05) is 18.0 Å². The second-order valence-electron chi connectivity index (χ2n) is 4.45. The molecule has 0 aromatic heterocycles. The van der Waals surface area contributed by atoms with Crippen molar-refractivity contribution >= 4 is 29.3 Å². The Morgan fingerprint density at radius 3 is 2.69 bits per heavy atom. The van der Waals surface area contributed by atoms with Crippen LogP contribution >= 0.6 is 23.4 Å². The first-order chi connectivity index (χ1) is 7.41. The summed E-state index contributed by atoms with van der Waals surface area (Å²) >= 11 is 6.99. The number of halogens is 1. The molecule has 1 amide bonds. The summed E-state index contributed by atoms with van der Waals surface area (Å²) in [6, 6.07) is 0. The molecule has 2 N–H and O–H groups in total. The summed E-state index contributed by atoms with van der Waals surface area (Å²) < 4.78 is -0.802. The van der Waals surface area contributed by atoms with E-state index in [4.69, 9.17) is 11.6 Å². The van der Waals surface area contributed by atoms with Gasteiger partial charge < -0.3 is 10.4 Å². The highest BCUT2D eigenvalue weighted by atomic mass is 35.5. The maximum Gasteiger partial charge on any atom is 0.243 e. The first kappa shape index (κ1) is 13.9. The van der Waals surface area contributed by atoms with E-state index in [1.54, 1.807) is 6.92 Å². The van der Waals surface area contributed by atoms with Gasteiger partial charge in [0.05, 0.1) is 6.10 Å². The highest BCUT2D eigenvalue weighted by Crippen LogP contribution is 2.37. The first-order valence-corrected chi connectivity index (χ1v) is 6.75. The molecule has 2 atom stereocenters. The van der Waals surface area contributed by atoms with E-state index >= 15 is 0 Å². The molecule has 0 aliphatic carbocycles. The summed E-state index contributed by atoms with van der Waals surface area (Å²) in [4.78, 5) is 12.0. The predicted molar refractivity (Wildman–Crippen MR) is 68.4 cm³/mol. The maximum atomic E-state index is 12.0. The van der Waals surface area contributed by atoms with Crippen molar-refractivity contribution in [2.45, 2.75) is 38.0 Å². The molecule has 0 aromatic carbocycles. The first-order valence-electron chi connectivity index (χ1n) is 5.34. The number of thioether (sulfide) groups is 1. The van der Waals surface area contributed by atoms with Crippen molar-refractivity contribution in [3.05, 3.63) is 11.1 Å². The average molecular weight is 264 g/mol. The predicted octanol–water partition coefficient (Wildman–Crippen LogP) is 2.10. The third-order valence-corrected chi connectivity index (χ3v) is 4.24. The Morgan fingerprint density at radius 2 is 2.25 bits per heavy atom. The fourth-order valence-corrected chi connectivity index (χ4v) is 2.95. The number of rotatable bonds is 4. The van der Waals surface area contributed by atoms with Crippen LogP contribution in [0.2, 0.25) is 0 Å². The average Bonchev–Trinajstić information content (AvgIpc) is 2.23. The molecule has 0 bridgehead atoms. The van der Waals surface area contributed by atoms with Crippen LogP contribution in [-0.4, -0.2) is 27.7 Å². The van der Waals surface area contributed by atoms with Crippen LogP contribution < -0.4 is 5.32 Å². The lowest BCUT2D eigenvalue weighted by molar-refractivity contribution is -0.126. The number of hydrogen-bond donors (Lipinski definition) is 2. The molecule has 0 spiro atoms. The zero-order valence-electron chi connectivity index (χ0n) is 9.79. The molecule has 0 radical (unpaired) electrons. The minimum absolute atomic E-state index is 0.0474. The van der Waals surface area contributed by atoms with Gasteiger partial charge in [0.2, 0.25) is 5.91 Å². The summed E-state index contributed by atoms with van der Waals surface area (Å²) in [5.74, 6) is 0.392. The molecular formula is C11H18ClNO2S. The van der Waals surface area contributed by atoms with E-state index in [1.165, 1.54) is 11.8 Å². The molecule has 1 aliphatic heterocycles. The van der Waals surface area contributed by atoms with E-state index in [2.05, 4.69) is 5.32 Å². The normalized spacial score (nSPS) is 27.6. The highest BCUT2D eigenvalue weighted by molar-refractivity contribution is 8.04. The van der Waals surface area contributed by atoms with Crippen molar-refractivity contribution in [1.29, 1.82) is 0 Å². The number of amides is 1. The van der Waals surface area contributed by atoms with E-state index < -0.39 is 10.9 Å². The van der Waals surface area contributed by atoms with Crippen molar-refractivity contribution in [2.24, 2.45) is 5.92 Å². The van der Waals surface area contributed by atoms with E-state index in [-0.39, 0.29) is 11.8 Å². The van der Waals surface area contributed by atoms with Crippen molar-refractivity contribution < 1.29 is 9.90 Å². The number of allylic oxidation sites excluding steroid dienone is 1. The van der Waals surface area contributed by atoms with Crippen molar-refractivity contribution in [1.82, 2.24) is 5.32 Å². The van der Waals surface area contributed by atoms with Crippen LogP contribution in [0.25, 0.3) is 0 Å². The Labute approximate surface area is 106 Å². The van der Waals surface area contributed by atoms with Crippen molar-refractivity contribution in [3.8, 4) is 0 Å². The van der Waals surface area contributed by atoms with E-state index in [9.17, 15) is 9.90 Å². The van der Waals surface area contributed by atoms with Crippen LogP contribution in [0.1, 0.15) is 27.2 Å². The second-order valence-corrected chi connectivity index (χ2v) is 6.15. The van der Waals surface area contributed by atoms with Gasteiger partial charge in [0.15, 0.2) is 0 Å². The maximum absolute atomic E-state index is 12.0. The molecule has 1 rings (SSSR count). The number of aliphatic hydroxyl groups is 1. The number of hydrogen-bond acceptors (Lipinski definition) is 3. The molecule has 1 aliphatic rings. The van der Waals surface area contributed by atoms with Gasteiger partial charge in [-0.25, -0.2) is 0 Å². The van der Waals surface area contributed by atoms with Gasteiger partial charge in [-0.15, -0.1) is 23.4 Å². The molecule has 16 heavy (non-hydrogen) atoms. The van der Waals surface area contributed by atoms with Crippen LogP contribution in [-0.2, 0) is 4.79 Å². The van der Waals surface area contributed by atoms with Crippen molar-refractivity contribution in [2.75, 3.05) is 5.88 Å². The number of carbonyl (C=O) groups is 1. The van der Waals surface area contributed by atoms with Gasteiger partial charge in [-0.05, 0) is 18.2 Å². The third kappa shape index (κ3) is 2.73. The fraction of sp³-hybridized carbons (Fsp3) is 0.727. The molecule has 1 heterocycles. The van der Waals surface area contributed by atoms with E-state index in [0.717, 1.165) is 5.70 Å². The van der Waals surface area contributed by atoms with E-state index in [0.29, 0.717) is 12.3 Å². The monoisotopic (exact) mass is 263 g/mol. The van der Waals surface area contributed by atoms with Crippen LogP contribution in [0, 0.1) is 5.92 Å². The minimum atomic E-state index is -0.802. The second kappa shape index (κ2) is 5.43. The zero-order chi connectivity index (χ0) is 12.3. The van der Waals surface area contributed by atoms with Gasteiger partial charge in [0.25, 0.3) is 0 Å². The lowest BCUT2D eigenvalue weighted by Gasteiger charge is -2.36. The summed E-state index contributed by atoms with van der Waals surface area (Å²) in [7, 11) is 0. The van der Waals surface area contributed by atoms with Gasteiger partial charge >= 0.3 is 0 Å². The summed E-state index contributed by atoms with van der Waals surface area (Å²) in [6.45, 7) is 5.58. The Balaban J connectivity index is 2.82. The van der Waals surface area contributed by atoms with Crippen LogP contribution in [0.3, 0.4) is 0 Å². The van der Waals surface area contributed by atoms with Gasteiger partial charge in [-0.2, -0.15) is 0 Å². The quantitative estimate of drug-likeness (QED) is 0.764. The molecule has 0 fully saturated rings. The standard InChI is InChI=1S/C11H18ClNO2S/c1-7(2)9(14)11(3)10(15)13-8(4-5-12)6-16-11/h6-7,9,14H,4-5H2,1-3H3,(H,13,15)/t9-,11-/m0/s1. The van der Waals surface area contributed by atoms with Crippen LogP contribution in [0.15, 0.2) is 11.1 Å². The van der Waals surface area contributed by atoms with Gasteiger partial charge in [-0.3, -0.25) is 4.79 Å². The van der Waals surface area contributed by atoms with Crippen molar-refractivity contribution in [3.63, 3.8) is 0 Å². The minimum Gasteiger partial charge on any atom is -0.391 e. The number of alkyl halides is 1. The Hall–Kier alpha value is -0.190. The highest BCUT2D eigenvalue weighted by Gasteiger charge is 2.44. The van der Waals surface area contributed by atoms with Gasteiger partial charge in [0.1, 0.15) is 4.75 Å². The molecule has 0 aromatic rings. The third-order valence-electron chi connectivity index (χ3n) is 2.73. The summed E-state index contributed by atoms with van der Waals surface area (Å²) in [5, 5.41) is 14.7. The lowest BCUT2D eigenvalue weighted by atomic mass is 9.93. The Bertz CT molecular complexity index is 306. The summed E-state index contributed by atoms with van der Waals surface area (Å²) in [5.41, 5.74) is 0.832. The molecule has 0 saturated carbocycles. The number of carbonyl (C=O) groups excluding carboxylic acids is 1. The summed E-state index contributed by atoms with van der Waals surface area (Å²) in [6.07, 6.45) is -0.0139. The molecular weight excluding hydrogens is 246 g/mol. The SMILES string of the molecule is CC(C)[C@H](O)[C@]1(C)SC=C(CCCl)NC1=O. The van der Waals surface area contributed by atoms with Crippen LogP contribution in [0.5, 0.6) is 0 Å². The topological polar surface area (TPSA) is 49.3 Å². The molecule has 0 saturated heterocycles. The van der Waals surface area contributed by atoms with E-state index in [1.807, 2.05) is 19.3 Å². The smallest absolute Gasteiger partial charge is 0.243 e. The lowest BCUT2D eigenvalue weighted by Crippen LogP contribution is -2.53. The van der Waals surface area contributed by atoms with Gasteiger partial charge in [-0.1, -0.05) is 13.8 Å². The zero-order valence-corrected chi connectivity index (χ0v) is 11.4. The molecule has 5 heteroatoms.